The molecule has 3 aromatic rings. The van der Waals surface area contributed by atoms with E-state index in [9.17, 15) is 9.59 Å². The number of nitrogens with zero attached hydrogens (tertiary/aromatic N) is 2. The van der Waals surface area contributed by atoms with Crippen LogP contribution < -0.4 is 11.1 Å². The maximum absolute atomic E-state index is 12.5. The molecule has 3 rings (SSSR count). The van der Waals surface area contributed by atoms with Crippen LogP contribution in [0.5, 0.6) is 0 Å². The molecular weight excluding hydrogens is 328 g/mol. The maximum atomic E-state index is 12.5. The van der Waals surface area contributed by atoms with Crippen molar-refractivity contribution in [1.82, 2.24) is 9.97 Å². The SMILES string of the molecule is CCC(=O)c1ccc(-c2cnc(N)c(C(=O)Nc3ccccc3)n2)cc1. The molecule has 0 bridgehead atoms. The molecule has 6 nitrogen and oxygen atoms in total. The third-order valence-electron chi connectivity index (χ3n) is 3.87. The van der Waals surface area contributed by atoms with Gasteiger partial charge in [0.1, 0.15) is 0 Å². The molecule has 26 heavy (non-hydrogen) atoms. The number of nitrogens with two attached hydrogens (primary N) is 1. The average molecular weight is 346 g/mol. The zero-order valence-corrected chi connectivity index (χ0v) is 14.3. The van der Waals surface area contributed by atoms with E-state index in [-0.39, 0.29) is 17.3 Å². The predicted molar refractivity (Wildman–Crippen MR) is 101 cm³/mol. The van der Waals surface area contributed by atoms with Gasteiger partial charge in [0.15, 0.2) is 17.3 Å². The number of aromatic nitrogens is 2. The number of hydrogen-bond donors (Lipinski definition) is 2. The number of nitrogen functional groups attached to an aromatic ring is 1. The molecule has 0 aliphatic carbocycles. The van der Waals surface area contributed by atoms with Crippen LogP contribution in [0.2, 0.25) is 0 Å². The highest BCUT2D eigenvalue weighted by molar-refractivity contribution is 6.06. The molecule has 130 valence electrons. The van der Waals surface area contributed by atoms with Crippen molar-refractivity contribution >= 4 is 23.2 Å². The summed E-state index contributed by atoms with van der Waals surface area (Å²) in [6.45, 7) is 1.82. The van der Waals surface area contributed by atoms with Crippen molar-refractivity contribution in [3.05, 3.63) is 72.1 Å². The highest BCUT2D eigenvalue weighted by Gasteiger charge is 2.15. The fourth-order valence-electron chi connectivity index (χ4n) is 2.45. The lowest BCUT2D eigenvalue weighted by molar-refractivity contribution is 0.0986. The number of carbonyl (C=O) groups is 2. The summed E-state index contributed by atoms with van der Waals surface area (Å²) in [6, 6.07) is 16.1. The number of ketones is 1. The largest absolute Gasteiger partial charge is 0.382 e. The molecule has 1 heterocycles. The van der Waals surface area contributed by atoms with Gasteiger partial charge in [-0.2, -0.15) is 0 Å². The molecule has 3 N–H and O–H groups in total. The maximum Gasteiger partial charge on any atom is 0.278 e. The van der Waals surface area contributed by atoms with E-state index >= 15 is 0 Å². The number of amides is 1. The summed E-state index contributed by atoms with van der Waals surface area (Å²) in [7, 11) is 0. The monoisotopic (exact) mass is 346 g/mol. The van der Waals surface area contributed by atoms with Crippen molar-refractivity contribution in [2.24, 2.45) is 0 Å². The minimum Gasteiger partial charge on any atom is -0.382 e. The number of rotatable bonds is 5. The highest BCUT2D eigenvalue weighted by Crippen LogP contribution is 2.20. The molecule has 0 saturated carbocycles. The summed E-state index contributed by atoms with van der Waals surface area (Å²) in [5.41, 5.74) is 8.42. The van der Waals surface area contributed by atoms with E-state index in [4.69, 9.17) is 5.73 Å². The number of nitrogens with one attached hydrogen (secondary N) is 1. The van der Waals surface area contributed by atoms with E-state index in [1.54, 1.807) is 36.4 Å². The molecule has 6 heteroatoms. The van der Waals surface area contributed by atoms with Crippen LogP contribution in [0.15, 0.2) is 60.8 Å². The Hall–Kier alpha value is -3.54. The van der Waals surface area contributed by atoms with Crippen LogP contribution in [0.4, 0.5) is 11.5 Å². The van der Waals surface area contributed by atoms with Gasteiger partial charge in [-0.1, -0.05) is 49.4 Å². The molecular formula is C20H18N4O2. The van der Waals surface area contributed by atoms with Gasteiger partial charge in [-0.15, -0.1) is 0 Å². The van der Waals surface area contributed by atoms with E-state index < -0.39 is 5.91 Å². The van der Waals surface area contributed by atoms with Gasteiger partial charge in [-0.25, -0.2) is 9.97 Å². The third kappa shape index (κ3) is 3.75. The predicted octanol–water partition coefficient (Wildman–Crippen LogP) is 3.57. The minimum absolute atomic E-state index is 0.0555. The van der Waals surface area contributed by atoms with Gasteiger partial charge in [-0.3, -0.25) is 9.59 Å². The minimum atomic E-state index is -0.430. The lowest BCUT2D eigenvalue weighted by atomic mass is 10.1. The first-order valence-corrected chi connectivity index (χ1v) is 8.21. The van der Waals surface area contributed by atoms with Crippen LogP contribution in [0.25, 0.3) is 11.3 Å². The van der Waals surface area contributed by atoms with Crippen LogP contribution in [0.3, 0.4) is 0 Å². The molecule has 0 radical (unpaired) electrons. The summed E-state index contributed by atoms with van der Waals surface area (Å²) in [5.74, 6) is -0.302. The lowest BCUT2D eigenvalue weighted by Crippen LogP contribution is -2.17. The number of para-hydroxylation sites is 1. The van der Waals surface area contributed by atoms with Crippen LogP contribution in [0.1, 0.15) is 34.2 Å². The van der Waals surface area contributed by atoms with E-state index in [2.05, 4.69) is 15.3 Å². The molecule has 0 aliphatic rings. The van der Waals surface area contributed by atoms with Gasteiger partial charge in [0, 0.05) is 23.2 Å². The van der Waals surface area contributed by atoms with Crippen LogP contribution in [0, 0.1) is 0 Å². The molecule has 1 aromatic heterocycles. The smallest absolute Gasteiger partial charge is 0.278 e. The molecule has 0 unspecified atom stereocenters. The number of benzene rings is 2. The highest BCUT2D eigenvalue weighted by atomic mass is 16.2. The Kier molecular flexibility index (Phi) is 5.03. The number of hydrogen-bond acceptors (Lipinski definition) is 5. The fraction of sp³-hybridized carbons (Fsp3) is 0.100. The zero-order chi connectivity index (χ0) is 18.5. The third-order valence-corrected chi connectivity index (χ3v) is 3.87. The Balaban J connectivity index is 1.87. The molecule has 1 amide bonds. The molecule has 2 aromatic carbocycles. The van der Waals surface area contributed by atoms with Gasteiger partial charge in [0.25, 0.3) is 5.91 Å². The second kappa shape index (κ2) is 7.57. The Morgan fingerprint density at radius 3 is 2.38 bits per heavy atom. The van der Waals surface area contributed by atoms with Gasteiger partial charge in [-0.05, 0) is 12.1 Å². The topological polar surface area (TPSA) is 98.0 Å². The van der Waals surface area contributed by atoms with Gasteiger partial charge < -0.3 is 11.1 Å². The quantitative estimate of drug-likeness (QED) is 0.688. The zero-order valence-electron chi connectivity index (χ0n) is 14.3. The van der Waals surface area contributed by atoms with E-state index in [1.165, 1.54) is 6.20 Å². The van der Waals surface area contributed by atoms with Crippen molar-refractivity contribution in [3.8, 4) is 11.3 Å². The van der Waals surface area contributed by atoms with E-state index in [1.807, 2.05) is 25.1 Å². The Bertz CT molecular complexity index is 938. The van der Waals surface area contributed by atoms with Gasteiger partial charge in [0.2, 0.25) is 0 Å². The second-order valence-corrected chi connectivity index (χ2v) is 5.66. The van der Waals surface area contributed by atoms with Crippen molar-refractivity contribution in [2.75, 3.05) is 11.1 Å². The van der Waals surface area contributed by atoms with Crippen molar-refractivity contribution in [1.29, 1.82) is 0 Å². The molecule has 0 fully saturated rings. The first-order chi connectivity index (χ1) is 12.6. The van der Waals surface area contributed by atoms with E-state index in [0.29, 0.717) is 23.4 Å². The van der Waals surface area contributed by atoms with Gasteiger partial charge in [0.05, 0.1) is 11.9 Å². The Morgan fingerprint density at radius 1 is 1.04 bits per heavy atom. The molecule has 0 aliphatic heterocycles. The molecule has 0 spiro atoms. The van der Waals surface area contributed by atoms with Crippen LogP contribution in [-0.2, 0) is 0 Å². The van der Waals surface area contributed by atoms with Crippen LogP contribution >= 0.6 is 0 Å². The lowest BCUT2D eigenvalue weighted by Gasteiger charge is -2.08. The Labute approximate surface area is 151 Å². The molecule has 0 atom stereocenters. The molecule has 0 saturated heterocycles. The summed E-state index contributed by atoms with van der Waals surface area (Å²) in [4.78, 5) is 32.6. The summed E-state index contributed by atoms with van der Waals surface area (Å²) in [5, 5.41) is 2.74. The summed E-state index contributed by atoms with van der Waals surface area (Å²) < 4.78 is 0. The summed E-state index contributed by atoms with van der Waals surface area (Å²) >= 11 is 0. The average Bonchev–Trinajstić information content (AvgIpc) is 2.68. The van der Waals surface area contributed by atoms with Crippen molar-refractivity contribution in [2.45, 2.75) is 13.3 Å². The fourth-order valence-corrected chi connectivity index (χ4v) is 2.45. The van der Waals surface area contributed by atoms with Crippen molar-refractivity contribution < 1.29 is 9.59 Å². The number of Topliss-reactive ketones (excluding diaryl/α,β-unsaturated/α-hetero) is 1. The van der Waals surface area contributed by atoms with Gasteiger partial charge >= 0.3 is 0 Å². The first-order valence-electron chi connectivity index (χ1n) is 8.21. The van der Waals surface area contributed by atoms with Crippen LogP contribution in [-0.4, -0.2) is 21.7 Å². The summed E-state index contributed by atoms with van der Waals surface area (Å²) in [6.07, 6.45) is 1.95. The first kappa shape index (κ1) is 17.3. The normalized spacial score (nSPS) is 10.3. The number of carbonyl (C=O) groups excluding carboxylic acids is 2. The second-order valence-electron chi connectivity index (χ2n) is 5.66. The van der Waals surface area contributed by atoms with E-state index in [0.717, 1.165) is 5.56 Å². The van der Waals surface area contributed by atoms with Crippen molar-refractivity contribution in [3.63, 3.8) is 0 Å². The standard InChI is InChI=1S/C20H18N4O2/c1-2-17(25)14-10-8-13(9-11-14)16-12-22-19(21)18(24-16)20(26)23-15-6-4-3-5-7-15/h3-12H,2H2,1H3,(H2,21,22)(H,23,26). The number of anilines is 2. The Morgan fingerprint density at radius 2 is 1.73 bits per heavy atom.